The Labute approximate surface area is 104 Å². The average molecular weight is 241 g/mol. The van der Waals surface area contributed by atoms with Gasteiger partial charge in [0.15, 0.2) is 5.65 Å². The van der Waals surface area contributed by atoms with E-state index in [4.69, 9.17) is 0 Å². The fraction of sp³-hybridized carbons (Fsp3) is 0.143. The van der Waals surface area contributed by atoms with E-state index in [0.29, 0.717) is 6.42 Å². The standard InChI is InChI=1S/C14H12FN3/c1-10-4-3-7-18-13(16-17-14(10)18)9-11-5-2-6-12(15)8-11/h2-8H,9H2,1H3. The van der Waals surface area contributed by atoms with Crippen molar-refractivity contribution in [2.75, 3.05) is 0 Å². The molecule has 3 nitrogen and oxygen atoms in total. The molecule has 0 N–H and O–H groups in total. The molecular weight excluding hydrogens is 229 g/mol. The molecule has 1 aromatic carbocycles. The predicted octanol–water partition coefficient (Wildman–Crippen LogP) is 2.77. The number of aromatic nitrogens is 3. The normalized spacial score (nSPS) is 11.0. The van der Waals surface area contributed by atoms with E-state index >= 15 is 0 Å². The second-order valence-electron chi connectivity index (χ2n) is 4.31. The van der Waals surface area contributed by atoms with Crippen LogP contribution in [0.4, 0.5) is 4.39 Å². The molecule has 0 radical (unpaired) electrons. The van der Waals surface area contributed by atoms with Crippen molar-refractivity contribution in [2.45, 2.75) is 13.3 Å². The Balaban J connectivity index is 2.03. The molecule has 3 aromatic rings. The first kappa shape index (κ1) is 10.9. The van der Waals surface area contributed by atoms with E-state index < -0.39 is 0 Å². The van der Waals surface area contributed by atoms with Crippen LogP contribution in [-0.2, 0) is 6.42 Å². The van der Waals surface area contributed by atoms with Crippen LogP contribution in [-0.4, -0.2) is 14.6 Å². The maximum Gasteiger partial charge on any atom is 0.163 e. The van der Waals surface area contributed by atoms with Gasteiger partial charge in [0.05, 0.1) is 0 Å². The number of rotatable bonds is 2. The highest BCUT2D eigenvalue weighted by Gasteiger charge is 2.07. The molecule has 0 amide bonds. The maximum absolute atomic E-state index is 13.1. The Morgan fingerprint density at radius 1 is 1.17 bits per heavy atom. The predicted molar refractivity (Wildman–Crippen MR) is 66.9 cm³/mol. The summed E-state index contributed by atoms with van der Waals surface area (Å²) in [6.07, 6.45) is 2.50. The zero-order chi connectivity index (χ0) is 12.5. The minimum Gasteiger partial charge on any atom is -0.286 e. The highest BCUT2D eigenvalue weighted by atomic mass is 19.1. The molecule has 2 heterocycles. The highest BCUT2D eigenvalue weighted by molar-refractivity contribution is 5.46. The lowest BCUT2D eigenvalue weighted by atomic mass is 10.1. The molecule has 18 heavy (non-hydrogen) atoms. The van der Waals surface area contributed by atoms with Gasteiger partial charge in [-0.2, -0.15) is 0 Å². The Morgan fingerprint density at radius 3 is 2.89 bits per heavy atom. The second kappa shape index (κ2) is 4.22. The first-order valence-corrected chi connectivity index (χ1v) is 5.78. The Morgan fingerprint density at radius 2 is 2.06 bits per heavy atom. The summed E-state index contributed by atoms with van der Waals surface area (Å²) in [5.41, 5.74) is 2.82. The van der Waals surface area contributed by atoms with E-state index in [-0.39, 0.29) is 5.82 Å². The zero-order valence-electron chi connectivity index (χ0n) is 9.97. The summed E-state index contributed by atoms with van der Waals surface area (Å²) >= 11 is 0. The van der Waals surface area contributed by atoms with Crippen molar-refractivity contribution >= 4 is 5.65 Å². The van der Waals surface area contributed by atoms with Crippen molar-refractivity contribution < 1.29 is 4.39 Å². The van der Waals surface area contributed by atoms with E-state index in [1.165, 1.54) is 12.1 Å². The van der Waals surface area contributed by atoms with Crippen molar-refractivity contribution in [3.05, 3.63) is 65.4 Å². The van der Waals surface area contributed by atoms with E-state index in [1.807, 2.05) is 35.7 Å². The number of hydrogen-bond donors (Lipinski definition) is 0. The van der Waals surface area contributed by atoms with E-state index in [1.54, 1.807) is 6.07 Å². The lowest BCUT2D eigenvalue weighted by molar-refractivity contribution is 0.625. The third-order valence-electron chi connectivity index (χ3n) is 2.95. The van der Waals surface area contributed by atoms with E-state index in [9.17, 15) is 4.39 Å². The molecule has 90 valence electrons. The van der Waals surface area contributed by atoms with Crippen LogP contribution >= 0.6 is 0 Å². The third kappa shape index (κ3) is 1.86. The molecule has 0 spiro atoms. The smallest absolute Gasteiger partial charge is 0.163 e. The molecule has 0 fully saturated rings. The van der Waals surface area contributed by atoms with Crippen LogP contribution in [0.25, 0.3) is 5.65 Å². The summed E-state index contributed by atoms with van der Waals surface area (Å²) in [5.74, 6) is 0.594. The lowest BCUT2D eigenvalue weighted by Gasteiger charge is -2.01. The third-order valence-corrected chi connectivity index (χ3v) is 2.95. The summed E-state index contributed by atoms with van der Waals surface area (Å²) in [7, 11) is 0. The van der Waals surface area contributed by atoms with Crippen molar-refractivity contribution in [3.63, 3.8) is 0 Å². The second-order valence-corrected chi connectivity index (χ2v) is 4.31. The van der Waals surface area contributed by atoms with Gasteiger partial charge in [0.1, 0.15) is 11.6 Å². The quantitative estimate of drug-likeness (QED) is 0.690. The molecule has 3 rings (SSSR count). The molecule has 0 saturated heterocycles. The van der Waals surface area contributed by atoms with E-state index in [2.05, 4.69) is 10.2 Å². The van der Waals surface area contributed by atoms with Gasteiger partial charge >= 0.3 is 0 Å². The first-order valence-electron chi connectivity index (χ1n) is 5.78. The Hall–Kier alpha value is -2.23. The molecule has 4 heteroatoms. The number of pyridine rings is 1. The number of benzene rings is 1. The summed E-state index contributed by atoms with van der Waals surface area (Å²) in [5, 5.41) is 8.33. The number of hydrogen-bond acceptors (Lipinski definition) is 2. The Kier molecular flexibility index (Phi) is 2.55. The van der Waals surface area contributed by atoms with Gasteiger partial charge in [-0.15, -0.1) is 10.2 Å². The lowest BCUT2D eigenvalue weighted by Crippen LogP contribution is -1.97. The fourth-order valence-electron chi connectivity index (χ4n) is 2.05. The van der Waals surface area contributed by atoms with Crippen LogP contribution in [0.3, 0.4) is 0 Å². The monoisotopic (exact) mass is 241 g/mol. The fourth-order valence-corrected chi connectivity index (χ4v) is 2.05. The van der Waals surface area contributed by atoms with Gasteiger partial charge in [-0.1, -0.05) is 18.2 Å². The molecule has 0 atom stereocenters. The summed E-state index contributed by atoms with van der Waals surface area (Å²) < 4.78 is 15.1. The zero-order valence-corrected chi connectivity index (χ0v) is 9.97. The van der Waals surface area contributed by atoms with Crippen LogP contribution in [0.2, 0.25) is 0 Å². The highest BCUT2D eigenvalue weighted by Crippen LogP contribution is 2.13. The molecule has 0 saturated carbocycles. The van der Waals surface area contributed by atoms with Gasteiger partial charge in [0.25, 0.3) is 0 Å². The van der Waals surface area contributed by atoms with Gasteiger partial charge in [-0.3, -0.25) is 4.40 Å². The minimum absolute atomic E-state index is 0.225. The van der Waals surface area contributed by atoms with Crippen LogP contribution in [0.15, 0.2) is 42.6 Å². The molecule has 0 unspecified atom stereocenters. The maximum atomic E-state index is 13.1. The van der Waals surface area contributed by atoms with Crippen LogP contribution in [0.1, 0.15) is 17.0 Å². The number of fused-ring (bicyclic) bond motifs is 1. The first-order chi connectivity index (χ1) is 8.74. The number of halogens is 1. The molecule has 0 aliphatic rings. The van der Waals surface area contributed by atoms with Crippen LogP contribution < -0.4 is 0 Å². The van der Waals surface area contributed by atoms with Gasteiger partial charge in [-0.25, -0.2) is 4.39 Å². The Bertz CT molecular complexity index is 703. The minimum atomic E-state index is -0.225. The van der Waals surface area contributed by atoms with Gasteiger partial charge in [-0.05, 0) is 36.2 Å². The van der Waals surface area contributed by atoms with Gasteiger partial charge in [0.2, 0.25) is 0 Å². The molecule has 0 bridgehead atoms. The molecule has 0 aliphatic carbocycles. The number of aryl methyl sites for hydroxylation is 1. The van der Waals surface area contributed by atoms with Crippen molar-refractivity contribution in [3.8, 4) is 0 Å². The van der Waals surface area contributed by atoms with E-state index in [0.717, 1.165) is 22.6 Å². The molecular formula is C14H12FN3. The van der Waals surface area contributed by atoms with Crippen LogP contribution in [0.5, 0.6) is 0 Å². The number of nitrogens with zero attached hydrogens (tertiary/aromatic N) is 3. The summed E-state index contributed by atoms with van der Waals surface area (Å²) in [4.78, 5) is 0. The van der Waals surface area contributed by atoms with Crippen LogP contribution in [0, 0.1) is 12.7 Å². The SMILES string of the molecule is Cc1cccn2c(Cc3cccc(F)c3)nnc12. The van der Waals surface area contributed by atoms with Crippen molar-refractivity contribution in [1.82, 2.24) is 14.6 Å². The largest absolute Gasteiger partial charge is 0.286 e. The van der Waals surface area contributed by atoms with Crippen molar-refractivity contribution in [1.29, 1.82) is 0 Å². The van der Waals surface area contributed by atoms with Crippen molar-refractivity contribution in [2.24, 2.45) is 0 Å². The topological polar surface area (TPSA) is 30.2 Å². The van der Waals surface area contributed by atoms with Gasteiger partial charge in [0, 0.05) is 12.6 Å². The molecule has 2 aromatic heterocycles. The summed E-state index contributed by atoms with van der Waals surface area (Å²) in [6, 6.07) is 10.5. The van der Waals surface area contributed by atoms with Gasteiger partial charge < -0.3 is 0 Å². The summed E-state index contributed by atoms with van der Waals surface area (Å²) in [6.45, 7) is 2.00. The average Bonchev–Trinajstić information content (AvgIpc) is 2.74. The molecule has 0 aliphatic heterocycles.